The summed E-state index contributed by atoms with van der Waals surface area (Å²) in [5, 5.41) is 6.74. The van der Waals surface area contributed by atoms with E-state index in [4.69, 9.17) is 0 Å². The van der Waals surface area contributed by atoms with E-state index in [-0.39, 0.29) is 42.8 Å². The smallest absolute Gasteiger partial charge is 0.237 e. The summed E-state index contributed by atoms with van der Waals surface area (Å²) in [6.07, 6.45) is 6.25. The Morgan fingerprint density at radius 1 is 1.23 bits per heavy atom. The molecular formula is C16H33Cl2N3O. The third kappa shape index (κ3) is 5.88. The summed E-state index contributed by atoms with van der Waals surface area (Å²) < 4.78 is 0. The molecule has 6 heteroatoms. The van der Waals surface area contributed by atoms with Gasteiger partial charge >= 0.3 is 0 Å². The number of fused-ring (bicyclic) bond motifs is 1. The largest absolute Gasteiger partial charge is 0.351 e. The highest BCUT2D eigenvalue weighted by Gasteiger charge is 2.38. The maximum Gasteiger partial charge on any atom is 0.237 e. The number of carbonyl (C=O) groups excluding carboxylic acids is 1. The van der Waals surface area contributed by atoms with Gasteiger partial charge in [0.1, 0.15) is 0 Å². The molecule has 2 N–H and O–H groups in total. The fourth-order valence-corrected chi connectivity index (χ4v) is 3.78. The molecule has 1 saturated carbocycles. The molecule has 1 amide bonds. The summed E-state index contributed by atoms with van der Waals surface area (Å²) in [6, 6.07) is 0.867. The number of hydrogen-bond donors (Lipinski definition) is 2. The molecule has 0 radical (unpaired) electrons. The standard InChI is InChI=1S/C16H31N3O.2ClH/c1-4-19(5-2)11-12(3)17-16(20)15-10-13-8-6-7-9-14(13)18-15;;/h12-15,18H,4-11H2,1-3H3,(H,17,20);2*1H. The van der Waals surface area contributed by atoms with Gasteiger partial charge in [0.2, 0.25) is 5.91 Å². The number of carbonyl (C=O) groups is 1. The Morgan fingerprint density at radius 3 is 2.45 bits per heavy atom. The quantitative estimate of drug-likeness (QED) is 0.771. The van der Waals surface area contributed by atoms with Crippen LogP contribution in [0.15, 0.2) is 0 Å². The molecule has 1 aliphatic carbocycles. The molecule has 2 rings (SSSR count). The fourth-order valence-electron chi connectivity index (χ4n) is 3.78. The van der Waals surface area contributed by atoms with Crippen molar-refractivity contribution in [1.29, 1.82) is 0 Å². The lowest BCUT2D eigenvalue weighted by Crippen LogP contribution is -2.49. The van der Waals surface area contributed by atoms with E-state index in [0.717, 1.165) is 32.0 Å². The molecule has 22 heavy (non-hydrogen) atoms. The van der Waals surface area contributed by atoms with Gasteiger partial charge in [-0.2, -0.15) is 0 Å². The molecular weight excluding hydrogens is 321 g/mol. The second-order valence-corrected chi connectivity index (χ2v) is 6.50. The van der Waals surface area contributed by atoms with Crippen molar-refractivity contribution in [2.24, 2.45) is 5.92 Å². The lowest BCUT2D eigenvalue weighted by Gasteiger charge is -2.25. The molecule has 0 aromatic heterocycles. The van der Waals surface area contributed by atoms with E-state index in [1.165, 1.54) is 25.7 Å². The highest BCUT2D eigenvalue weighted by atomic mass is 35.5. The molecule has 2 fully saturated rings. The average Bonchev–Trinajstić information content (AvgIpc) is 2.88. The first kappa shape index (κ1) is 22.0. The fraction of sp³-hybridized carbons (Fsp3) is 0.938. The summed E-state index contributed by atoms with van der Waals surface area (Å²) in [5.41, 5.74) is 0. The van der Waals surface area contributed by atoms with E-state index in [0.29, 0.717) is 6.04 Å². The molecule has 1 aliphatic heterocycles. The minimum atomic E-state index is 0. The molecule has 1 saturated heterocycles. The Kier molecular flexibility index (Phi) is 10.7. The number of rotatable bonds is 6. The molecule has 4 atom stereocenters. The first-order valence-electron chi connectivity index (χ1n) is 8.42. The van der Waals surface area contributed by atoms with Crippen molar-refractivity contribution in [2.45, 2.75) is 71.0 Å². The minimum Gasteiger partial charge on any atom is -0.351 e. The molecule has 0 spiro atoms. The van der Waals surface area contributed by atoms with Crippen LogP contribution in [0.1, 0.15) is 52.9 Å². The van der Waals surface area contributed by atoms with Gasteiger partial charge in [0.25, 0.3) is 0 Å². The second kappa shape index (κ2) is 10.7. The Labute approximate surface area is 148 Å². The first-order chi connectivity index (χ1) is 9.63. The highest BCUT2D eigenvalue weighted by molar-refractivity contribution is 5.85. The summed E-state index contributed by atoms with van der Waals surface area (Å²) in [4.78, 5) is 14.7. The Morgan fingerprint density at radius 2 is 1.86 bits per heavy atom. The summed E-state index contributed by atoms with van der Waals surface area (Å²) in [7, 11) is 0. The molecule has 1 heterocycles. The van der Waals surface area contributed by atoms with Crippen LogP contribution in [0, 0.1) is 5.92 Å². The van der Waals surface area contributed by atoms with Crippen LogP contribution < -0.4 is 10.6 Å². The maximum absolute atomic E-state index is 12.4. The monoisotopic (exact) mass is 353 g/mol. The van der Waals surface area contributed by atoms with Crippen LogP contribution in [0.25, 0.3) is 0 Å². The molecule has 2 aliphatic rings. The average molecular weight is 354 g/mol. The van der Waals surface area contributed by atoms with Crippen molar-refractivity contribution in [3.05, 3.63) is 0 Å². The SMILES string of the molecule is CCN(CC)CC(C)NC(=O)C1CC2CCCCC2N1.Cl.Cl. The lowest BCUT2D eigenvalue weighted by atomic mass is 9.85. The van der Waals surface area contributed by atoms with Crippen LogP contribution in [0.2, 0.25) is 0 Å². The predicted octanol–water partition coefficient (Wildman–Crippen LogP) is 2.60. The number of likely N-dealkylation sites (N-methyl/N-ethyl adjacent to an activating group) is 1. The van der Waals surface area contributed by atoms with Gasteiger partial charge in [-0.15, -0.1) is 24.8 Å². The number of hydrogen-bond acceptors (Lipinski definition) is 3. The number of nitrogens with zero attached hydrogens (tertiary/aromatic N) is 1. The van der Waals surface area contributed by atoms with Crippen molar-refractivity contribution in [1.82, 2.24) is 15.5 Å². The molecule has 0 bridgehead atoms. The lowest BCUT2D eigenvalue weighted by molar-refractivity contribution is -0.123. The predicted molar refractivity (Wildman–Crippen MR) is 97.2 cm³/mol. The van der Waals surface area contributed by atoms with Crippen molar-refractivity contribution >= 4 is 30.7 Å². The number of halogens is 2. The zero-order valence-corrected chi connectivity index (χ0v) is 15.8. The maximum atomic E-state index is 12.4. The summed E-state index contributed by atoms with van der Waals surface area (Å²) in [5.74, 6) is 0.941. The first-order valence-corrected chi connectivity index (χ1v) is 8.42. The molecule has 4 nitrogen and oxygen atoms in total. The second-order valence-electron chi connectivity index (χ2n) is 6.50. The van der Waals surface area contributed by atoms with Crippen LogP contribution in [-0.4, -0.2) is 48.6 Å². The molecule has 4 unspecified atom stereocenters. The van der Waals surface area contributed by atoms with Crippen LogP contribution in [0.4, 0.5) is 0 Å². The van der Waals surface area contributed by atoms with Crippen LogP contribution in [-0.2, 0) is 4.79 Å². The van der Waals surface area contributed by atoms with Gasteiger partial charge in [0.15, 0.2) is 0 Å². The van der Waals surface area contributed by atoms with Gasteiger partial charge < -0.3 is 15.5 Å². The zero-order valence-electron chi connectivity index (χ0n) is 14.1. The Bertz CT molecular complexity index is 313. The van der Waals surface area contributed by atoms with Crippen molar-refractivity contribution in [3.8, 4) is 0 Å². The van der Waals surface area contributed by atoms with Crippen molar-refractivity contribution in [3.63, 3.8) is 0 Å². The summed E-state index contributed by atoms with van der Waals surface area (Å²) in [6.45, 7) is 9.48. The van der Waals surface area contributed by atoms with Gasteiger partial charge in [-0.3, -0.25) is 4.79 Å². The van der Waals surface area contributed by atoms with Crippen molar-refractivity contribution < 1.29 is 4.79 Å². The Balaban J connectivity index is 0.00000220. The van der Waals surface area contributed by atoms with Gasteiger partial charge in [0, 0.05) is 18.6 Å². The van der Waals surface area contributed by atoms with E-state index >= 15 is 0 Å². The van der Waals surface area contributed by atoms with E-state index < -0.39 is 0 Å². The van der Waals surface area contributed by atoms with Gasteiger partial charge in [-0.05, 0) is 45.2 Å². The normalized spacial score (nSPS) is 28.3. The molecule has 0 aromatic carbocycles. The van der Waals surface area contributed by atoms with Crippen LogP contribution >= 0.6 is 24.8 Å². The van der Waals surface area contributed by atoms with E-state index in [1.807, 2.05) is 0 Å². The van der Waals surface area contributed by atoms with Gasteiger partial charge in [-0.1, -0.05) is 26.7 Å². The molecule has 132 valence electrons. The molecule has 0 aromatic rings. The van der Waals surface area contributed by atoms with Gasteiger partial charge in [-0.25, -0.2) is 0 Å². The number of nitrogens with one attached hydrogen (secondary N) is 2. The zero-order chi connectivity index (χ0) is 14.5. The Hall–Kier alpha value is -0.0300. The highest BCUT2D eigenvalue weighted by Crippen LogP contribution is 2.33. The summed E-state index contributed by atoms with van der Waals surface area (Å²) >= 11 is 0. The van der Waals surface area contributed by atoms with Crippen molar-refractivity contribution in [2.75, 3.05) is 19.6 Å². The topological polar surface area (TPSA) is 44.4 Å². The van der Waals surface area contributed by atoms with E-state index in [1.54, 1.807) is 0 Å². The minimum absolute atomic E-state index is 0. The number of amides is 1. The van der Waals surface area contributed by atoms with Crippen LogP contribution in [0.3, 0.4) is 0 Å². The third-order valence-corrected chi connectivity index (χ3v) is 4.99. The van der Waals surface area contributed by atoms with E-state index in [2.05, 4.69) is 36.3 Å². The third-order valence-electron chi connectivity index (χ3n) is 4.99. The van der Waals surface area contributed by atoms with Gasteiger partial charge in [0.05, 0.1) is 6.04 Å². The van der Waals surface area contributed by atoms with Crippen LogP contribution in [0.5, 0.6) is 0 Å². The van der Waals surface area contributed by atoms with E-state index in [9.17, 15) is 4.79 Å².